The molecule has 3 rings (SSSR count). The maximum Gasteiger partial charge on any atom is 0.298 e. The van der Waals surface area contributed by atoms with Crippen molar-refractivity contribution in [2.24, 2.45) is 0 Å². The molecular weight excluding hydrogens is 316 g/mol. The van der Waals surface area contributed by atoms with Gasteiger partial charge in [-0.2, -0.15) is 8.42 Å². The van der Waals surface area contributed by atoms with E-state index in [1.165, 1.54) is 30.3 Å². The lowest BCUT2D eigenvalue weighted by Crippen LogP contribution is -2.24. The van der Waals surface area contributed by atoms with E-state index in [-0.39, 0.29) is 39.5 Å². The van der Waals surface area contributed by atoms with Crippen LogP contribution in [-0.2, 0) is 14.3 Å². The second-order valence-corrected chi connectivity index (χ2v) is 6.49. The maximum atomic E-state index is 12.7. The van der Waals surface area contributed by atoms with E-state index in [2.05, 4.69) is 6.58 Å². The maximum absolute atomic E-state index is 12.7. The van der Waals surface area contributed by atoms with Gasteiger partial charge in [0.25, 0.3) is 10.1 Å². The van der Waals surface area contributed by atoms with Crippen LogP contribution in [0.1, 0.15) is 31.8 Å². The van der Waals surface area contributed by atoms with Gasteiger partial charge in [-0.15, -0.1) is 6.58 Å². The van der Waals surface area contributed by atoms with E-state index in [0.29, 0.717) is 0 Å². The van der Waals surface area contributed by atoms with Crippen LogP contribution in [0, 0.1) is 0 Å². The smallest absolute Gasteiger partial charge is 0.289 e. The number of carbonyl (C=O) groups is 2. The van der Waals surface area contributed by atoms with Gasteiger partial charge in [-0.1, -0.05) is 42.5 Å². The van der Waals surface area contributed by atoms with Crippen molar-refractivity contribution in [3.05, 3.63) is 77.4 Å². The second kappa shape index (κ2) is 5.57. The average molecular weight is 328 g/mol. The molecule has 2 aromatic rings. The first-order chi connectivity index (χ1) is 11.0. The standard InChI is InChI=1S/C17H12O5S/c1-2-10-22-23(20,21)14-9-5-8-13-15(14)17(19)12-7-4-3-6-11(12)16(13)18/h2-9H,1,10H2. The number of benzene rings is 2. The van der Waals surface area contributed by atoms with Gasteiger partial charge in [-0.25, -0.2) is 0 Å². The highest BCUT2D eigenvalue weighted by atomic mass is 32.2. The molecule has 0 spiro atoms. The molecule has 0 bridgehead atoms. The lowest BCUT2D eigenvalue weighted by molar-refractivity contribution is 0.0976. The van der Waals surface area contributed by atoms with Crippen molar-refractivity contribution in [3.63, 3.8) is 0 Å². The summed E-state index contributed by atoms with van der Waals surface area (Å²) in [5.74, 6) is -0.882. The summed E-state index contributed by atoms with van der Waals surface area (Å²) in [6.07, 6.45) is 1.29. The predicted molar refractivity (Wildman–Crippen MR) is 83.1 cm³/mol. The predicted octanol–water partition coefficient (Wildman–Crippen LogP) is 2.35. The molecule has 5 nitrogen and oxygen atoms in total. The van der Waals surface area contributed by atoms with E-state index in [1.807, 2.05) is 0 Å². The van der Waals surface area contributed by atoms with Crippen LogP contribution in [0.3, 0.4) is 0 Å². The molecule has 0 N–H and O–H groups in total. The number of ketones is 2. The van der Waals surface area contributed by atoms with Gasteiger partial charge in [-0.05, 0) is 6.07 Å². The van der Waals surface area contributed by atoms with Crippen molar-refractivity contribution >= 4 is 21.7 Å². The van der Waals surface area contributed by atoms with E-state index in [4.69, 9.17) is 4.18 Å². The molecule has 2 aromatic carbocycles. The Morgan fingerprint density at radius 3 is 2.17 bits per heavy atom. The summed E-state index contributed by atoms with van der Waals surface area (Å²) >= 11 is 0. The molecule has 6 heteroatoms. The summed E-state index contributed by atoms with van der Waals surface area (Å²) in [6.45, 7) is 3.17. The zero-order valence-corrected chi connectivity index (χ0v) is 12.8. The van der Waals surface area contributed by atoms with Crippen molar-refractivity contribution in [3.8, 4) is 0 Å². The summed E-state index contributed by atoms with van der Waals surface area (Å²) in [4.78, 5) is 24.9. The number of hydrogen-bond donors (Lipinski definition) is 0. The highest BCUT2D eigenvalue weighted by Gasteiger charge is 2.34. The average Bonchev–Trinajstić information content (AvgIpc) is 2.57. The summed E-state index contributed by atoms with van der Waals surface area (Å²) < 4.78 is 29.4. The fourth-order valence-corrected chi connectivity index (χ4v) is 3.62. The normalized spacial score (nSPS) is 13.4. The molecule has 0 radical (unpaired) electrons. The summed E-state index contributed by atoms with van der Waals surface area (Å²) in [5.41, 5.74) is 0.389. The van der Waals surface area contributed by atoms with Crippen LogP contribution in [0.25, 0.3) is 0 Å². The molecular formula is C17H12O5S. The van der Waals surface area contributed by atoms with Crippen LogP contribution in [0.2, 0.25) is 0 Å². The van der Waals surface area contributed by atoms with E-state index < -0.39 is 15.9 Å². The molecule has 0 saturated heterocycles. The molecule has 116 valence electrons. The van der Waals surface area contributed by atoms with Crippen LogP contribution in [-0.4, -0.2) is 26.6 Å². The molecule has 0 unspecified atom stereocenters. The third-order valence-corrected chi connectivity index (χ3v) is 4.85. The topological polar surface area (TPSA) is 77.5 Å². The Kier molecular flexibility index (Phi) is 3.71. The fourth-order valence-electron chi connectivity index (χ4n) is 2.52. The number of hydrogen-bond acceptors (Lipinski definition) is 5. The first-order valence-electron chi connectivity index (χ1n) is 6.79. The Bertz CT molecular complexity index is 941. The third kappa shape index (κ3) is 2.42. The minimum Gasteiger partial charge on any atom is -0.289 e. The molecule has 0 aliphatic heterocycles. The SMILES string of the molecule is C=CCOS(=O)(=O)c1cccc2c1C(=O)c1ccccc1C2=O. The van der Waals surface area contributed by atoms with E-state index in [9.17, 15) is 18.0 Å². The van der Waals surface area contributed by atoms with Crippen molar-refractivity contribution in [2.45, 2.75) is 4.90 Å². The summed E-state index contributed by atoms with van der Waals surface area (Å²) in [6, 6.07) is 10.5. The van der Waals surface area contributed by atoms with Gasteiger partial charge >= 0.3 is 0 Å². The van der Waals surface area contributed by atoms with E-state index >= 15 is 0 Å². The molecule has 23 heavy (non-hydrogen) atoms. The highest BCUT2D eigenvalue weighted by molar-refractivity contribution is 7.86. The lowest BCUT2D eigenvalue weighted by Gasteiger charge is -2.19. The molecule has 0 aromatic heterocycles. The van der Waals surface area contributed by atoms with E-state index in [0.717, 1.165) is 0 Å². The molecule has 0 saturated carbocycles. The molecule has 0 atom stereocenters. The lowest BCUT2D eigenvalue weighted by atomic mass is 9.84. The van der Waals surface area contributed by atoms with Gasteiger partial charge in [0.15, 0.2) is 11.6 Å². The Hall–Kier alpha value is -2.57. The number of carbonyl (C=O) groups excluding carboxylic acids is 2. The molecule has 0 heterocycles. The fraction of sp³-hybridized carbons (Fsp3) is 0.0588. The first-order valence-corrected chi connectivity index (χ1v) is 8.20. The molecule has 1 aliphatic carbocycles. The summed E-state index contributed by atoms with van der Waals surface area (Å²) in [7, 11) is -4.17. The van der Waals surface area contributed by atoms with Gasteiger partial charge in [0.05, 0.1) is 12.2 Å². The van der Waals surface area contributed by atoms with Crippen LogP contribution < -0.4 is 0 Å². The van der Waals surface area contributed by atoms with Crippen LogP contribution in [0.15, 0.2) is 60.0 Å². The minimum absolute atomic E-state index is 0.0666. The zero-order chi connectivity index (χ0) is 16.6. The Labute approximate surface area is 133 Å². The van der Waals surface area contributed by atoms with Gasteiger partial charge in [-0.3, -0.25) is 13.8 Å². The van der Waals surface area contributed by atoms with E-state index in [1.54, 1.807) is 18.2 Å². The zero-order valence-electron chi connectivity index (χ0n) is 12.0. The Balaban J connectivity index is 2.25. The van der Waals surface area contributed by atoms with Crippen molar-refractivity contribution in [1.82, 2.24) is 0 Å². The Morgan fingerprint density at radius 1 is 0.913 bits per heavy atom. The highest BCUT2D eigenvalue weighted by Crippen LogP contribution is 2.32. The van der Waals surface area contributed by atoms with Gasteiger partial charge < -0.3 is 0 Å². The van der Waals surface area contributed by atoms with Crippen molar-refractivity contribution in [1.29, 1.82) is 0 Å². The molecule has 0 fully saturated rings. The second-order valence-electron chi connectivity index (χ2n) is 4.91. The molecule has 0 amide bonds. The van der Waals surface area contributed by atoms with Crippen LogP contribution >= 0.6 is 0 Å². The largest absolute Gasteiger partial charge is 0.298 e. The number of fused-ring (bicyclic) bond motifs is 2. The minimum atomic E-state index is -4.17. The molecule has 1 aliphatic rings. The van der Waals surface area contributed by atoms with Crippen LogP contribution in [0.4, 0.5) is 0 Å². The number of rotatable bonds is 4. The quantitative estimate of drug-likeness (QED) is 0.543. The summed E-state index contributed by atoms with van der Waals surface area (Å²) in [5, 5.41) is 0. The van der Waals surface area contributed by atoms with Gasteiger partial charge in [0, 0.05) is 16.7 Å². The Morgan fingerprint density at radius 2 is 1.52 bits per heavy atom. The van der Waals surface area contributed by atoms with Gasteiger partial charge in [0.1, 0.15) is 4.90 Å². The van der Waals surface area contributed by atoms with Crippen LogP contribution in [0.5, 0.6) is 0 Å². The van der Waals surface area contributed by atoms with Crippen molar-refractivity contribution in [2.75, 3.05) is 6.61 Å². The monoisotopic (exact) mass is 328 g/mol. The van der Waals surface area contributed by atoms with Gasteiger partial charge in [0.2, 0.25) is 0 Å². The van der Waals surface area contributed by atoms with Crippen molar-refractivity contribution < 1.29 is 22.2 Å². The third-order valence-electron chi connectivity index (χ3n) is 3.52. The first kappa shape index (κ1) is 15.3.